The van der Waals surface area contributed by atoms with Crippen LogP contribution in [0.15, 0.2) is 70.7 Å². The molecule has 2 fully saturated rings. The second-order valence-electron chi connectivity index (χ2n) is 8.14. The van der Waals surface area contributed by atoms with E-state index >= 15 is 0 Å². The lowest BCUT2D eigenvalue weighted by atomic mass is 10.1. The number of carbonyl (C=O) groups excluding carboxylic acids is 1. The van der Waals surface area contributed by atoms with E-state index in [1.54, 1.807) is 18.2 Å². The van der Waals surface area contributed by atoms with Crippen LogP contribution in [0.4, 0.5) is 5.82 Å². The van der Waals surface area contributed by atoms with Crippen molar-refractivity contribution in [2.45, 2.75) is 35.5 Å². The van der Waals surface area contributed by atoms with Gasteiger partial charge in [-0.15, -0.1) is 0 Å². The lowest BCUT2D eigenvalue weighted by Crippen LogP contribution is -2.25. The molecular weight excluding hydrogens is 442 g/mol. The van der Waals surface area contributed by atoms with Crippen LogP contribution in [0, 0.1) is 0 Å². The number of amides is 1. The van der Waals surface area contributed by atoms with Crippen molar-refractivity contribution in [2.75, 3.05) is 18.5 Å². The quantitative estimate of drug-likeness (QED) is 0.424. The van der Waals surface area contributed by atoms with Crippen molar-refractivity contribution < 1.29 is 22.8 Å². The van der Waals surface area contributed by atoms with Crippen LogP contribution in [0.5, 0.6) is 0 Å². The fraction of sp³-hybridized carbons (Fsp3) is 0.292. The number of fused-ring (bicyclic) bond motifs is 1. The minimum atomic E-state index is -3.32. The highest BCUT2D eigenvalue weighted by atomic mass is 32.2. The van der Waals surface area contributed by atoms with Crippen molar-refractivity contribution >= 4 is 38.2 Å². The van der Waals surface area contributed by atoms with E-state index in [9.17, 15) is 13.2 Å². The Morgan fingerprint density at radius 1 is 1.03 bits per heavy atom. The number of ether oxygens (including phenoxy) is 1. The first-order valence-corrected chi connectivity index (χ1v) is 12.4. The van der Waals surface area contributed by atoms with E-state index in [4.69, 9.17) is 9.57 Å². The van der Waals surface area contributed by atoms with Gasteiger partial charge < -0.3 is 14.9 Å². The Balaban J connectivity index is 1.41. The number of anilines is 1. The Bertz CT molecular complexity index is 1310. The number of pyridine rings is 1. The highest BCUT2D eigenvalue weighted by Crippen LogP contribution is 2.33. The van der Waals surface area contributed by atoms with Crippen molar-refractivity contribution in [2.24, 2.45) is 5.16 Å². The van der Waals surface area contributed by atoms with Gasteiger partial charge in [-0.2, -0.15) is 0 Å². The number of aromatic nitrogens is 1. The summed E-state index contributed by atoms with van der Waals surface area (Å²) in [6, 6.07) is 17.4. The minimum Gasteiger partial charge on any atom is -0.389 e. The summed E-state index contributed by atoms with van der Waals surface area (Å²) in [5.41, 5.74) is 1.23. The van der Waals surface area contributed by atoms with Gasteiger partial charge in [0.05, 0.1) is 28.9 Å². The summed E-state index contributed by atoms with van der Waals surface area (Å²) < 4.78 is 30.3. The first kappa shape index (κ1) is 21.5. The van der Waals surface area contributed by atoms with Crippen LogP contribution in [0.25, 0.3) is 10.9 Å². The predicted molar refractivity (Wildman–Crippen MR) is 124 cm³/mol. The highest BCUT2D eigenvalue weighted by Gasteiger charge is 2.36. The number of nitrogens with one attached hydrogen (secondary N) is 1. The monoisotopic (exact) mass is 465 g/mol. The van der Waals surface area contributed by atoms with Gasteiger partial charge in [0.15, 0.2) is 21.7 Å². The topological polar surface area (TPSA) is 107 Å². The van der Waals surface area contributed by atoms with Gasteiger partial charge in [-0.05, 0) is 43.2 Å². The molecule has 0 spiro atoms. The molecular formula is C24H23N3O5S. The zero-order chi connectivity index (χ0) is 22.8. The van der Waals surface area contributed by atoms with Crippen molar-refractivity contribution in [1.29, 1.82) is 0 Å². The standard InChI is InChI=1S/C24H23N3O5S/c28-24(26-22-12-7-16-3-1-2-4-21(16)25-22)23(27-32-18-13-14-31-15-18)17-5-8-19(9-6-17)33(29,30)20-10-11-20/h1-9,12,18,20H,10-11,13-15H2,(H,25,26,28)/t18-/m1/s1. The molecule has 1 aromatic heterocycles. The van der Waals surface area contributed by atoms with E-state index in [-0.39, 0.29) is 22.0 Å². The molecule has 33 heavy (non-hydrogen) atoms. The SMILES string of the molecule is O=C(Nc1ccc2ccccc2n1)C(=NO[C@@H]1CCOC1)c1ccc(S(=O)(=O)C2CC2)cc1. The van der Waals surface area contributed by atoms with Gasteiger partial charge in [0.25, 0.3) is 5.91 Å². The van der Waals surface area contributed by atoms with Crippen molar-refractivity contribution in [3.05, 3.63) is 66.2 Å². The Morgan fingerprint density at radius 3 is 2.55 bits per heavy atom. The zero-order valence-corrected chi connectivity index (χ0v) is 18.6. The van der Waals surface area contributed by atoms with Crippen molar-refractivity contribution in [3.8, 4) is 0 Å². The summed E-state index contributed by atoms with van der Waals surface area (Å²) in [6.45, 7) is 0.986. The van der Waals surface area contributed by atoms with E-state index in [0.717, 1.165) is 10.9 Å². The maximum absolute atomic E-state index is 13.1. The fourth-order valence-corrected chi connectivity index (χ4v) is 5.29. The van der Waals surface area contributed by atoms with Gasteiger partial charge in [-0.3, -0.25) is 4.79 Å². The molecule has 1 N–H and O–H groups in total. The Kier molecular flexibility index (Phi) is 5.82. The number of sulfone groups is 1. The van der Waals surface area contributed by atoms with Crippen LogP contribution >= 0.6 is 0 Å². The Labute approximate surface area is 191 Å². The summed E-state index contributed by atoms with van der Waals surface area (Å²) >= 11 is 0. The van der Waals surface area contributed by atoms with E-state index in [2.05, 4.69) is 15.5 Å². The number of hydrogen-bond acceptors (Lipinski definition) is 7. The van der Waals surface area contributed by atoms with Gasteiger partial charge in [0.2, 0.25) is 0 Å². The van der Waals surface area contributed by atoms with E-state index in [0.29, 0.717) is 43.9 Å². The lowest BCUT2D eigenvalue weighted by Gasteiger charge is -2.11. The van der Waals surface area contributed by atoms with Crippen LogP contribution < -0.4 is 5.32 Å². The molecule has 1 atom stereocenters. The molecule has 2 aromatic carbocycles. The number of oxime groups is 1. The summed E-state index contributed by atoms with van der Waals surface area (Å²) in [7, 11) is -3.32. The van der Waals surface area contributed by atoms with Crippen molar-refractivity contribution in [3.63, 3.8) is 0 Å². The molecule has 0 unspecified atom stereocenters. The molecule has 5 rings (SSSR count). The molecule has 1 saturated heterocycles. The second kappa shape index (κ2) is 8.92. The third-order valence-corrected chi connectivity index (χ3v) is 7.93. The summed E-state index contributed by atoms with van der Waals surface area (Å²) in [5, 5.41) is 7.55. The van der Waals surface area contributed by atoms with Crippen LogP contribution in [-0.4, -0.2) is 49.6 Å². The molecule has 0 radical (unpaired) electrons. The minimum absolute atomic E-state index is 0.0345. The van der Waals surface area contributed by atoms with Crippen LogP contribution in [0.3, 0.4) is 0 Å². The zero-order valence-electron chi connectivity index (χ0n) is 17.8. The predicted octanol–water partition coefficient (Wildman–Crippen LogP) is 3.32. The van der Waals surface area contributed by atoms with E-state index in [1.165, 1.54) is 12.1 Å². The average molecular weight is 466 g/mol. The lowest BCUT2D eigenvalue weighted by molar-refractivity contribution is -0.110. The number of rotatable bonds is 7. The number of benzene rings is 2. The Morgan fingerprint density at radius 2 is 1.82 bits per heavy atom. The van der Waals surface area contributed by atoms with Crippen LogP contribution in [0.2, 0.25) is 0 Å². The summed E-state index contributed by atoms with van der Waals surface area (Å²) in [6.07, 6.45) is 1.83. The van der Waals surface area contributed by atoms with Crippen LogP contribution in [-0.2, 0) is 24.2 Å². The van der Waals surface area contributed by atoms with E-state index in [1.807, 2.05) is 30.3 Å². The smallest absolute Gasteiger partial charge is 0.279 e. The normalized spacial score (nSPS) is 18.9. The molecule has 170 valence electrons. The van der Waals surface area contributed by atoms with E-state index < -0.39 is 15.7 Å². The van der Waals surface area contributed by atoms with Gasteiger partial charge in [0, 0.05) is 17.4 Å². The summed E-state index contributed by atoms with van der Waals surface area (Å²) in [5.74, 6) is -0.127. The molecule has 8 nitrogen and oxygen atoms in total. The number of hydrogen-bond donors (Lipinski definition) is 1. The second-order valence-corrected chi connectivity index (χ2v) is 10.4. The molecule has 2 aliphatic rings. The first-order valence-electron chi connectivity index (χ1n) is 10.8. The molecule has 2 heterocycles. The molecule has 0 bridgehead atoms. The van der Waals surface area contributed by atoms with Crippen molar-refractivity contribution in [1.82, 2.24) is 4.98 Å². The number of para-hydroxylation sites is 1. The van der Waals surface area contributed by atoms with Gasteiger partial charge >= 0.3 is 0 Å². The third-order valence-electron chi connectivity index (χ3n) is 5.66. The number of nitrogens with zero attached hydrogens (tertiary/aromatic N) is 2. The third kappa shape index (κ3) is 4.74. The molecule has 1 saturated carbocycles. The van der Waals surface area contributed by atoms with Gasteiger partial charge in [-0.1, -0.05) is 35.5 Å². The maximum Gasteiger partial charge on any atom is 0.279 e. The highest BCUT2D eigenvalue weighted by molar-refractivity contribution is 7.92. The largest absolute Gasteiger partial charge is 0.389 e. The first-order chi connectivity index (χ1) is 16.0. The maximum atomic E-state index is 13.1. The molecule has 1 aliphatic carbocycles. The van der Waals surface area contributed by atoms with Gasteiger partial charge in [0.1, 0.15) is 5.82 Å². The fourth-order valence-electron chi connectivity index (χ4n) is 3.63. The number of carbonyl (C=O) groups is 1. The molecule has 3 aromatic rings. The molecule has 1 amide bonds. The average Bonchev–Trinajstić information content (AvgIpc) is 3.57. The Hall–Kier alpha value is -3.30. The molecule has 1 aliphatic heterocycles. The van der Waals surface area contributed by atoms with Crippen LogP contribution in [0.1, 0.15) is 24.8 Å². The van der Waals surface area contributed by atoms with Gasteiger partial charge in [-0.25, -0.2) is 13.4 Å². The summed E-state index contributed by atoms with van der Waals surface area (Å²) in [4.78, 5) is 23.4. The molecule has 9 heteroatoms.